The van der Waals surface area contributed by atoms with Crippen molar-refractivity contribution < 1.29 is 51.6 Å². The fourth-order valence-corrected chi connectivity index (χ4v) is 8.79. The molecule has 0 aromatic heterocycles. The van der Waals surface area contributed by atoms with Gasteiger partial charge in [0.2, 0.25) is 15.8 Å². The summed E-state index contributed by atoms with van der Waals surface area (Å²) >= 11 is 0. The Labute approximate surface area is 412 Å². The second-order valence-electron chi connectivity index (χ2n) is 16.3. The van der Waals surface area contributed by atoms with Gasteiger partial charge < -0.3 is 28.8 Å². The van der Waals surface area contributed by atoms with Gasteiger partial charge in [-0.2, -0.15) is 0 Å². The summed E-state index contributed by atoms with van der Waals surface area (Å²) in [5.41, 5.74) is 3.26. The fraction of sp³-hybridized carbons (Fsp3) is 0.121. The minimum atomic E-state index is -4.09. The zero-order valence-electron chi connectivity index (χ0n) is 38.4. The molecule has 0 saturated heterocycles. The molecule has 1 atom stereocenters. The van der Waals surface area contributed by atoms with Gasteiger partial charge in [-0.05, 0) is 82.8 Å². The topological polar surface area (TPSA) is 164 Å². The number of carbonyl (C=O) groups excluding carboxylic acids is 3. The van der Waals surface area contributed by atoms with Gasteiger partial charge in [0.05, 0.1) is 27.6 Å². The quantitative estimate of drug-likeness (QED) is 0.0491. The van der Waals surface area contributed by atoms with Crippen LogP contribution in [0.2, 0.25) is 0 Å². The number of esters is 2. The van der Waals surface area contributed by atoms with Crippen molar-refractivity contribution >= 4 is 27.7 Å². The Hall–Kier alpha value is -8.52. The molecule has 0 fully saturated rings. The molecule has 0 aliphatic heterocycles. The SMILES string of the molecule is O=C(OC[C@H](Cc1ccc(O)cc1)NS(=O)(=O)c1ccccc1)c1cc(OCc2ccccc2)c(C(=O)c2c(OCc3ccccc3)cccc2C(=O)OCc2ccccc2)c(OCc2ccccc2)c1. The van der Waals surface area contributed by atoms with Crippen LogP contribution < -0.4 is 18.9 Å². The smallest absolute Gasteiger partial charge is 0.339 e. The van der Waals surface area contributed by atoms with Crippen molar-refractivity contribution in [2.45, 2.75) is 43.8 Å². The molecule has 0 heterocycles. The maximum Gasteiger partial charge on any atom is 0.339 e. The summed E-state index contributed by atoms with van der Waals surface area (Å²) in [7, 11) is -4.09. The van der Waals surface area contributed by atoms with E-state index in [0.29, 0.717) is 5.56 Å². The molecule has 8 rings (SSSR count). The fourth-order valence-electron chi connectivity index (χ4n) is 7.54. The van der Waals surface area contributed by atoms with Crippen LogP contribution in [-0.2, 0) is 52.3 Å². The number of ketones is 1. The van der Waals surface area contributed by atoms with Crippen LogP contribution in [0.1, 0.15) is 64.5 Å². The van der Waals surface area contributed by atoms with Crippen LogP contribution in [0.5, 0.6) is 23.0 Å². The number of phenolic OH excluding ortho intramolecular Hbond substituents is 1. The summed E-state index contributed by atoms with van der Waals surface area (Å²) < 4.78 is 60.9. The van der Waals surface area contributed by atoms with Crippen LogP contribution in [0.4, 0.5) is 0 Å². The van der Waals surface area contributed by atoms with Gasteiger partial charge in [0.1, 0.15) is 61.6 Å². The van der Waals surface area contributed by atoms with Crippen molar-refractivity contribution in [2.75, 3.05) is 6.61 Å². The summed E-state index contributed by atoms with van der Waals surface area (Å²) in [6, 6.07) is 57.3. The average Bonchev–Trinajstić information content (AvgIpc) is 3.41. The summed E-state index contributed by atoms with van der Waals surface area (Å²) in [6.45, 7) is -0.539. The van der Waals surface area contributed by atoms with Crippen LogP contribution in [-0.4, -0.2) is 43.9 Å². The normalized spacial score (nSPS) is 11.5. The molecule has 8 aromatic rings. The Balaban J connectivity index is 1.20. The number of benzene rings is 8. The highest BCUT2D eigenvalue weighted by Crippen LogP contribution is 2.38. The van der Waals surface area contributed by atoms with Crippen LogP contribution in [0, 0.1) is 0 Å². The first-order valence-electron chi connectivity index (χ1n) is 22.7. The lowest BCUT2D eigenvalue weighted by atomic mass is 9.94. The molecular formula is C58H49NO11S. The predicted octanol–water partition coefficient (Wildman–Crippen LogP) is 10.5. The Morgan fingerprint density at radius 3 is 1.44 bits per heavy atom. The van der Waals surface area contributed by atoms with Crippen molar-refractivity contribution in [3.63, 3.8) is 0 Å². The summed E-state index contributed by atoms with van der Waals surface area (Å²) in [5.74, 6) is -2.45. The van der Waals surface area contributed by atoms with Crippen LogP contribution in [0.15, 0.2) is 211 Å². The van der Waals surface area contributed by atoms with Crippen LogP contribution in [0.25, 0.3) is 0 Å². The van der Waals surface area contributed by atoms with E-state index in [1.807, 2.05) is 121 Å². The molecule has 0 saturated carbocycles. The molecular weight excluding hydrogens is 919 g/mol. The van der Waals surface area contributed by atoms with E-state index in [9.17, 15) is 23.1 Å². The molecule has 0 bridgehead atoms. The highest BCUT2D eigenvalue weighted by molar-refractivity contribution is 7.89. The molecule has 0 aliphatic rings. The lowest BCUT2D eigenvalue weighted by molar-refractivity contribution is 0.0463. The predicted molar refractivity (Wildman–Crippen MR) is 267 cm³/mol. The number of sulfonamides is 1. The van der Waals surface area contributed by atoms with Gasteiger partial charge in [-0.25, -0.2) is 22.7 Å². The molecule has 0 spiro atoms. The summed E-state index contributed by atoms with van der Waals surface area (Å²) in [6.07, 6.45) is 0.0891. The van der Waals surface area contributed by atoms with E-state index < -0.39 is 40.4 Å². The van der Waals surface area contributed by atoms with Gasteiger partial charge in [-0.3, -0.25) is 4.79 Å². The van der Waals surface area contributed by atoms with Gasteiger partial charge in [-0.15, -0.1) is 0 Å². The Bertz CT molecular complexity index is 3090. The summed E-state index contributed by atoms with van der Waals surface area (Å²) in [4.78, 5) is 44.2. The van der Waals surface area contributed by atoms with Crippen molar-refractivity contribution in [3.05, 3.63) is 256 Å². The van der Waals surface area contributed by atoms with E-state index in [1.165, 1.54) is 42.5 Å². The number of rotatable bonds is 22. The van der Waals surface area contributed by atoms with E-state index >= 15 is 4.79 Å². The minimum absolute atomic E-state index is 0.0161. The zero-order valence-corrected chi connectivity index (χ0v) is 39.2. The van der Waals surface area contributed by atoms with E-state index in [1.54, 1.807) is 42.5 Å². The number of ether oxygens (including phenoxy) is 5. The van der Waals surface area contributed by atoms with Crippen LogP contribution >= 0.6 is 0 Å². The average molecular weight is 968 g/mol. The molecule has 0 aliphatic carbocycles. The van der Waals surface area contributed by atoms with Crippen LogP contribution in [0.3, 0.4) is 0 Å². The number of nitrogens with one attached hydrogen (secondary N) is 1. The van der Waals surface area contributed by atoms with E-state index in [-0.39, 0.29) is 83.0 Å². The van der Waals surface area contributed by atoms with E-state index in [4.69, 9.17) is 23.7 Å². The van der Waals surface area contributed by atoms with E-state index in [0.717, 1.165) is 22.3 Å². The number of carbonyl (C=O) groups is 3. The van der Waals surface area contributed by atoms with Gasteiger partial charge >= 0.3 is 11.9 Å². The molecule has 8 aromatic carbocycles. The second-order valence-corrected chi connectivity index (χ2v) is 18.1. The molecule has 2 N–H and O–H groups in total. The first-order chi connectivity index (χ1) is 34.6. The first kappa shape index (κ1) is 48.9. The highest BCUT2D eigenvalue weighted by atomic mass is 32.2. The molecule has 71 heavy (non-hydrogen) atoms. The minimum Gasteiger partial charge on any atom is -0.508 e. The Morgan fingerprint density at radius 2 is 0.930 bits per heavy atom. The highest BCUT2D eigenvalue weighted by Gasteiger charge is 2.32. The maximum absolute atomic E-state index is 15.6. The lowest BCUT2D eigenvalue weighted by Crippen LogP contribution is -2.40. The monoisotopic (exact) mass is 967 g/mol. The molecule has 12 nitrogen and oxygen atoms in total. The molecule has 0 unspecified atom stereocenters. The largest absolute Gasteiger partial charge is 0.508 e. The summed E-state index contributed by atoms with van der Waals surface area (Å²) in [5, 5.41) is 9.93. The number of hydrogen-bond donors (Lipinski definition) is 2. The lowest BCUT2D eigenvalue weighted by Gasteiger charge is -2.21. The third-order valence-corrected chi connectivity index (χ3v) is 12.7. The van der Waals surface area contributed by atoms with Crippen molar-refractivity contribution in [1.29, 1.82) is 0 Å². The van der Waals surface area contributed by atoms with Gasteiger partial charge in [-0.1, -0.05) is 158 Å². The van der Waals surface area contributed by atoms with Crippen molar-refractivity contribution in [3.8, 4) is 23.0 Å². The Kier molecular flexibility index (Phi) is 16.3. The van der Waals surface area contributed by atoms with E-state index in [2.05, 4.69) is 4.72 Å². The molecule has 0 radical (unpaired) electrons. The molecule has 358 valence electrons. The third-order valence-electron chi connectivity index (χ3n) is 11.1. The van der Waals surface area contributed by atoms with Crippen molar-refractivity contribution in [1.82, 2.24) is 4.72 Å². The number of hydrogen-bond acceptors (Lipinski definition) is 11. The van der Waals surface area contributed by atoms with Gasteiger partial charge in [0, 0.05) is 0 Å². The van der Waals surface area contributed by atoms with Gasteiger partial charge in [0.15, 0.2) is 0 Å². The molecule has 13 heteroatoms. The van der Waals surface area contributed by atoms with Crippen molar-refractivity contribution in [2.24, 2.45) is 0 Å². The number of phenols is 1. The second kappa shape index (κ2) is 23.7. The maximum atomic E-state index is 15.6. The standard InChI is InChI=1S/C58H49NO11S/c60-48-31-29-41(30-32-48)33-47(59-71(64,65)49-25-14-5-15-26-49)40-70-57(62)46-34-52(67-37-43-19-8-2-9-20-43)55(53(35-46)68-38-44-21-10-3-11-22-44)56(61)54-50(58(63)69-39-45-23-12-4-13-24-45)27-16-28-51(54)66-36-42-17-6-1-7-18-42/h1-32,34-35,47,59-60H,33,36-40H2/t47-/m0/s1. The zero-order chi connectivity index (χ0) is 49.4. The number of aromatic hydroxyl groups is 1. The Morgan fingerprint density at radius 1 is 0.465 bits per heavy atom. The molecule has 0 amide bonds. The van der Waals surface area contributed by atoms with Gasteiger partial charge in [0.25, 0.3) is 0 Å². The first-order valence-corrected chi connectivity index (χ1v) is 24.2. The third kappa shape index (κ3) is 13.4.